The van der Waals surface area contributed by atoms with Crippen molar-refractivity contribution in [1.82, 2.24) is 10.6 Å². The maximum absolute atomic E-state index is 12.4. The average Bonchev–Trinajstić information content (AvgIpc) is 2.58. The predicted octanol–water partition coefficient (Wildman–Crippen LogP) is 0.295. The number of carbonyl (C=O) groups excluding carboxylic acids is 4. The molecule has 1 fully saturated rings. The van der Waals surface area contributed by atoms with Crippen LogP contribution in [0.25, 0.3) is 0 Å². The van der Waals surface area contributed by atoms with Crippen LogP contribution >= 0.6 is 11.8 Å². The summed E-state index contributed by atoms with van der Waals surface area (Å²) >= 11 is 0.822. The van der Waals surface area contributed by atoms with Crippen LogP contribution in [0.2, 0.25) is 0 Å². The van der Waals surface area contributed by atoms with Crippen molar-refractivity contribution in [2.45, 2.75) is 39.2 Å². The highest BCUT2D eigenvalue weighted by molar-refractivity contribution is 8.13. The standard InChI is InChI=1S/C16H24N2O8S/c1-16(2,9-25-12(22)4-3-11(20)21)13-14(23)18-6-5-10(19)17-7-8-27-15(24)26-13/h13H,3-9H2,1-2H3,(H,17,19)(H,18,23)(H,20,21)/t13-/m0/s1. The summed E-state index contributed by atoms with van der Waals surface area (Å²) in [6, 6.07) is 0. The van der Waals surface area contributed by atoms with E-state index >= 15 is 0 Å². The summed E-state index contributed by atoms with van der Waals surface area (Å²) in [5.74, 6) is -2.41. The molecule has 0 unspecified atom stereocenters. The first-order valence-corrected chi connectivity index (χ1v) is 9.35. The van der Waals surface area contributed by atoms with Gasteiger partial charge in [0.1, 0.15) is 6.61 Å². The number of hydrogen-bond donors (Lipinski definition) is 3. The van der Waals surface area contributed by atoms with Crippen molar-refractivity contribution in [2.24, 2.45) is 5.41 Å². The second-order valence-electron chi connectivity index (χ2n) is 6.53. The number of carboxylic acids is 1. The Balaban J connectivity index is 2.76. The maximum Gasteiger partial charge on any atom is 0.368 e. The number of aliphatic carboxylic acids is 1. The number of nitrogens with one attached hydrogen (secondary N) is 2. The van der Waals surface area contributed by atoms with E-state index in [2.05, 4.69) is 10.6 Å². The quantitative estimate of drug-likeness (QED) is 0.531. The molecule has 1 atom stereocenters. The number of amides is 2. The number of esters is 1. The lowest BCUT2D eigenvalue weighted by molar-refractivity contribution is -0.154. The Hall–Kier alpha value is -2.30. The molecule has 10 nitrogen and oxygen atoms in total. The van der Waals surface area contributed by atoms with Gasteiger partial charge in [-0.15, -0.1) is 0 Å². The largest absolute Gasteiger partial charge is 0.481 e. The number of thioether (sulfide) groups is 1. The Kier molecular flexibility index (Phi) is 9.06. The van der Waals surface area contributed by atoms with Gasteiger partial charge in [-0.3, -0.25) is 19.2 Å². The lowest BCUT2D eigenvalue weighted by atomic mass is 9.86. The van der Waals surface area contributed by atoms with Crippen molar-refractivity contribution in [3.05, 3.63) is 0 Å². The van der Waals surface area contributed by atoms with Crippen LogP contribution in [0.3, 0.4) is 0 Å². The van der Waals surface area contributed by atoms with Crippen LogP contribution in [-0.4, -0.2) is 65.7 Å². The Morgan fingerprint density at radius 3 is 2.59 bits per heavy atom. The summed E-state index contributed by atoms with van der Waals surface area (Å²) in [4.78, 5) is 58.1. The van der Waals surface area contributed by atoms with Gasteiger partial charge in [0.15, 0.2) is 6.10 Å². The molecule has 0 aromatic carbocycles. The Morgan fingerprint density at radius 2 is 1.93 bits per heavy atom. The molecule has 1 saturated heterocycles. The fraction of sp³-hybridized carbons (Fsp3) is 0.688. The SMILES string of the molecule is CC(C)(COC(=O)CCC(=O)O)[C@H]1OC(=O)SCCNC(=O)CCNC1=O. The second-order valence-corrected chi connectivity index (χ2v) is 7.56. The van der Waals surface area contributed by atoms with Gasteiger partial charge in [0.25, 0.3) is 5.91 Å². The van der Waals surface area contributed by atoms with Crippen molar-refractivity contribution >= 4 is 40.8 Å². The van der Waals surface area contributed by atoms with Crippen molar-refractivity contribution in [2.75, 3.05) is 25.4 Å². The molecule has 0 aromatic heterocycles. The number of rotatable bonds is 6. The molecule has 1 aliphatic heterocycles. The first-order valence-electron chi connectivity index (χ1n) is 8.37. The zero-order chi connectivity index (χ0) is 20.4. The molecule has 27 heavy (non-hydrogen) atoms. The molecule has 3 N–H and O–H groups in total. The molecule has 11 heteroatoms. The molecule has 152 valence electrons. The lowest BCUT2D eigenvalue weighted by Crippen LogP contribution is -2.49. The third-order valence-corrected chi connectivity index (χ3v) is 4.35. The van der Waals surface area contributed by atoms with Gasteiger partial charge < -0.3 is 25.2 Å². The number of cyclic esters (lactones) is 1. The highest BCUT2D eigenvalue weighted by Gasteiger charge is 2.40. The van der Waals surface area contributed by atoms with Crippen LogP contribution in [0, 0.1) is 5.41 Å². The molecule has 0 spiro atoms. The summed E-state index contributed by atoms with van der Waals surface area (Å²) in [7, 11) is 0. The molecule has 0 aromatic rings. The van der Waals surface area contributed by atoms with Crippen LogP contribution < -0.4 is 10.6 Å². The number of ether oxygens (including phenoxy) is 2. The highest BCUT2D eigenvalue weighted by Crippen LogP contribution is 2.26. The lowest BCUT2D eigenvalue weighted by Gasteiger charge is -2.32. The molecule has 0 bridgehead atoms. The third kappa shape index (κ3) is 8.76. The van der Waals surface area contributed by atoms with Crippen LogP contribution in [0.5, 0.6) is 0 Å². The van der Waals surface area contributed by atoms with E-state index < -0.39 is 34.7 Å². The third-order valence-electron chi connectivity index (χ3n) is 3.61. The summed E-state index contributed by atoms with van der Waals surface area (Å²) in [6.07, 6.45) is -1.82. The minimum absolute atomic E-state index is 0.0698. The van der Waals surface area contributed by atoms with Gasteiger partial charge in [0.2, 0.25) is 5.91 Å². The van der Waals surface area contributed by atoms with Gasteiger partial charge in [0.05, 0.1) is 12.8 Å². The van der Waals surface area contributed by atoms with Gasteiger partial charge in [-0.1, -0.05) is 13.8 Å². The Labute approximate surface area is 160 Å². The van der Waals surface area contributed by atoms with E-state index in [1.165, 1.54) is 0 Å². The van der Waals surface area contributed by atoms with E-state index in [4.69, 9.17) is 14.6 Å². The molecule has 1 aliphatic rings. The van der Waals surface area contributed by atoms with Gasteiger partial charge in [0, 0.05) is 30.7 Å². The summed E-state index contributed by atoms with van der Waals surface area (Å²) in [6.45, 7) is 3.28. The first-order chi connectivity index (χ1) is 12.6. The van der Waals surface area contributed by atoms with Crippen LogP contribution in [0.1, 0.15) is 33.1 Å². The molecular formula is C16H24N2O8S. The van der Waals surface area contributed by atoms with E-state index in [1.807, 2.05) is 0 Å². The number of hydrogen-bond acceptors (Lipinski definition) is 8. The molecule has 0 radical (unpaired) electrons. The first kappa shape index (κ1) is 22.7. The average molecular weight is 404 g/mol. The van der Waals surface area contributed by atoms with E-state index in [1.54, 1.807) is 13.8 Å². The maximum atomic E-state index is 12.4. The molecule has 0 saturated carbocycles. The van der Waals surface area contributed by atoms with E-state index in [0.717, 1.165) is 11.8 Å². The fourth-order valence-electron chi connectivity index (χ4n) is 2.13. The Morgan fingerprint density at radius 1 is 1.22 bits per heavy atom. The molecule has 0 aliphatic carbocycles. The van der Waals surface area contributed by atoms with Gasteiger partial charge >= 0.3 is 17.2 Å². The predicted molar refractivity (Wildman–Crippen MR) is 95.0 cm³/mol. The van der Waals surface area contributed by atoms with Crippen molar-refractivity contribution in [1.29, 1.82) is 0 Å². The Bertz CT molecular complexity index is 593. The van der Waals surface area contributed by atoms with Crippen molar-refractivity contribution in [3.8, 4) is 0 Å². The molecular weight excluding hydrogens is 380 g/mol. The van der Waals surface area contributed by atoms with E-state index in [-0.39, 0.29) is 38.3 Å². The highest BCUT2D eigenvalue weighted by atomic mass is 32.2. The second kappa shape index (κ2) is 10.8. The van der Waals surface area contributed by atoms with E-state index in [0.29, 0.717) is 12.3 Å². The minimum Gasteiger partial charge on any atom is -0.481 e. The smallest absolute Gasteiger partial charge is 0.368 e. The molecule has 1 rings (SSSR count). The topological polar surface area (TPSA) is 148 Å². The zero-order valence-corrected chi connectivity index (χ0v) is 16.1. The minimum atomic E-state index is -1.24. The summed E-state index contributed by atoms with van der Waals surface area (Å²) in [5, 5.41) is 13.0. The van der Waals surface area contributed by atoms with Gasteiger partial charge in [-0.05, 0) is 11.8 Å². The molecule has 1 heterocycles. The zero-order valence-electron chi connectivity index (χ0n) is 15.2. The molecule has 2 amide bonds. The summed E-state index contributed by atoms with van der Waals surface area (Å²) in [5.41, 5.74) is -1.06. The van der Waals surface area contributed by atoms with Gasteiger partial charge in [-0.25, -0.2) is 4.79 Å². The fourth-order valence-corrected chi connectivity index (χ4v) is 2.66. The number of carbonyl (C=O) groups is 5. The summed E-state index contributed by atoms with van der Waals surface area (Å²) < 4.78 is 10.3. The van der Waals surface area contributed by atoms with Crippen molar-refractivity contribution in [3.63, 3.8) is 0 Å². The normalized spacial score (nSPS) is 19.6. The van der Waals surface area contributed by atoms with Crippen LogP contribution in [0.4, 0.5) is 4.79 Å². The van der Waals surface area contributed by atoms with Crippen LogP contribution in [-0.2, 0) is 28.7 Å². The monoisotopic (exact) mass is 404 g/mol. The van der Waals surface area contributed by atoms with E-state index in [9.17, 15) is 24.0 Å². The van der Waals surface area contributed by atoms with Crippen LogP contribution in [0.15, 0.2) is 0 Å². The van der Waals surface area contributed by atoms with Crippen molar-refractivity contribution < 1.29 is 38.6 Å². The number of carboxylic acid groups (broad SMARTS) is 1. The van der Waals surface area contributed by atoms with Gasteiger partial charge in [-0.2, -0.15) is 0 Å².